The molecule has 0 atom stereocenters. The Kier molecular flexibility index (Phi) is 5.23. The summed E-state index contributed by atoms with van der Waals surface area (Å²) in [7, 11) is 0. The van der Waals surface area contributed by atoms with E-state index in [1.165, 1.54) is 24.2 Å². The van der Waals surface area contributed by atoms with Crippen LogP contribution in [0.2, 0.25) is 0 Å². The van der Waals surface area contributed by atoms with Gasteiger partial charge in [-0.25, -0.2) is 0 Å². The maximum atomic E-state index is 12.1. The van der Waals surface area contributed by atoms with Crippen molar-refractivity contribution in [3.8, 4) is 6.07 Å². The monoisotopic (exact) mass is 304 g/mol. The molecule has 21 heavy (non-hydrogen) atoms. The Morgan fingerprint density at radius 1 is 1.43 bits per heavy atom. The van der Waals surface area contributed by atoms with Gasteiger partial charge in [0.15, 0.2) is 0 Å². The molecule has 112 valence electrons. The molecule has 6 heteroatoms. The van der Waals surface area contributed by atoms with Crippen molar-refractivity contribution >= 4 is 27.9 Å². The van der Waals surface area contributed by atoms with Gasteiger partial charge in [0.1, 0.15) is 21.5 Å². The van der Waals surface area contributed by atoms with Gasteiger partial charge in [-0.05, 0) is 12.8 Å². The lowest BCUT2D eigenvalue weighted by Crippen LogP contribution is -2.23. The molecule has 2 rings (SSSR count). The van der Waals surface area contributed by atoms with E-state index >= 15 is 0 Å². The van der Waals surface area contributed by atoms with Crippen LogP contribution in [0.3, 0.4) is 0 Å². The molecule has 1 saturated heterocycles. The van der Waals surface area contributed by atoms with Gasteiger partial charge in [0.2, 0.25) is 0 Å². The molecule has 2 heterocycles. The number of hydrogen-bond donors (Lipinski definition) is 2. The van der Waals surface area contributed by atoms with Gasteiger partial charge < -0.3 is 16.0 Å². The first kappa shape index (κ1) is 15.4. The lowest BCUT2D eigenvalue weighted by atomic mass is 10.2. The van der Waals surface area contributed by atoms with Crippen LogP contribution in [-0.2, 0) is 0 Å². The third-order valence-corrected chi connectivity index (χ3v) is 4.81. The van der Waals surface area contributed by atoms with E-state index in [-0.39, 0.29) is 5.91 Å². The SMILES string of the molecule is C=CCNC(=O)c1sc(N2CCCCCC2)c(C#N)c1N. The molecular formula is C15H20N4OS. The van der Waals surface area contributed by atoms with Gasteiger partial charge in [0.05, 0.1) is 5.69 Å². The molecule has 0 radical (unpaired) electrons. The molecule has 1 amide bonds. The summed E-state index contributed by atoms with van der Waals surface area (Å²) in [5.74, 6) is -0.241. The van der Waals surface area contributed by atoms with E-state index in [4.69, 9.17) is 5.73 Å². The highest BCUT2D eigenvalue weighted by Crippen LogP contribution is 2.38. The summed E-state index contributed by atoms with van der Waals surface area (Å²) >= 11 is 1.32. The zero-order valence-corrected chi connectivity index (χ0v) is 12.8. The van der Waals surface area contributed by atoms with E-state index in [0.29, 0.717) is 22.7 Å². The normalized spacial score (nSPS) is 15.1. The molecule has 0 aliphatic carbocycles. The molecule has 1 aliphatic rings. The fourth-order valence-corrected chi connectivity index (χ4v) is 3.59. The van der Waals surface area contributed by atoms with Gasteiger partial charge in [-0.15, -0.1) is 17.9 Å². The molecular weight excluding hydrogens is 284 g/mol. The van der Waals surface area contributed by atoms with Gasteiger partial charge in [-0.3, -0.25) is 4.79 Å². The third kappa shape index (κ3) is 3.37. The maximum absolute atomic E-state index is 12.1. The minimum Gasteiger partial charge on any atom is -0.396 e. The fourth-order valence-electron chi connectivity index (χ4n) is 2.45. The van der Waals surface area contributed by atoms with Gasteiger partial charge in [-0.2, -0.15) is 5.26 Å². The highest BCUT2D eigenvalue weighted by atomic mass is 32.1. The number of nitrogen functional groups attached to an aromatic ring is 1. The largest absolute Gasteiger partial charge is 0.396 e. The third-order valence-electron chi connectivity index (χ3n) is 3.54. The number of rotatable bonds is 4. The summed E-state index contributed by atoms with van der Waals surface area (Å²) in [6.07, 6.45) is 6.27. The van der Waals surface area contributed by atoms with Crippen LogP contribution < -0.4 is 16.0 Å². The Morgan fingerprint density at radius 3 is 2.67 bits per heavy atom. The van der Waals surface area contributed by atoms with Gasteiger partial charge in [0, 0.05) is 19.6 Å². The number of anilines is 2. The van der Waals surface area contributed by atoms with E-state index in [1.807, 2.05) is 0 Å². The van der Waals surface area contributed by atoms with Crippen molar-refractivity contribution in [2.45, 2.75) is 25.7 Å². The van der Waals surface area contributed by atoms with Crippen LogP contribution in [0.25, 0.3) is 0 Å². The minimum absolute atomic E-state index is 0.241. The second-order valence-electron chi connectivity index (χ2n) is 5.04. The standard InChI is InChI=1S/C15H20N4OS/c1-2-7-18-14(20)13-12(17)11(10-16)15(21-13)19-8-5-3-4-6-9-19/h2H,1,3-9,17H2,(H,18,20). The van der Waals surface area contributed by atoms with E-state index in [0.717, 1.165) is 30.9 Å². The van der Waals surface area contributed by atoms with E-state index in [9.17, 15) is 10.1 Å². The second kappa shape index (κ2) is 7.14. The van der Waals surface area contributed by atoms with Crippen molar-refractivity contribution in [2.24, 2.45) is 0 Å². The second-order valence-corrected chi connectivity index (χ2v) is 6.04. The topological polar surface area (TPSA) is 82.2 Å². The Balaban J connectivity index is 2.31. The number of nitrogens with two attached hydrogens (primary N) is 1. The molecule has 0 spiro atoms. The smallest absolute Gasteiger partial charge is 0.263 e. The fraction of sp³-hybridized carbons (Fsp3) is 0.467. The number of carbonyl (C=O) groups is 1. The molecule has 1 aromatic rings. The van der Waals surface area contributed by atoms with Crippen LogP contribution in [0.15, 0.2) is 12.7 Å². The molecule has 1 fully saturated rings. The van der Waals surface area contributed by atoms with Crippen LogP contribution in [0.4, 0.5) is 10.7 Å². The number of thiophene rings is 1. The highest BCUT2D eigenvalue weighted by molar-refractivity contribution is 7.19. The summed E-state index contributed by atoms with van der Waals surface area (Å²) < 4.78 is 0. The maximum Gasteiger partial charge on any atom is 0.263 e. The first-order valence-electron chi connectivity index (χ1n) is 7.15. The predicted molar refractivity (Wildman–Crippen MR) is 86.7 cm³/mol. The van der Waals surface area contributed by atoms with E-state index in [1.54, 1.807) is 6.08 Å². The number of amides is 1. The van der Waals surface area contributed by atoms with Crippen LogP contribution in [0.1, 0.15) is 40.9 Å². The summed E-state index contributed by atoms with van der Waals surface area (Å²) in [6.45, 7) is 5.79. The Morgan fingerprint density at radius 2 is 2.10 bits per heavy atom. The Hall–Kier alpha value is -2.00. The number of carbonyl (C=O) groups excluding carboxylic acids is 1. The van der Waals surface area contributed by atoms with Crippen molar-refractivity contribution in [1.29, 1.82) is 5.26 Å². The summed E-state index contributed by atoms with van der Waals surface area (Å²) in [5, 5.41) is 12.9. The molecule has 5 nitrogen and oxygen atoms in total. The van der Waals surface area contributed by atoms with Crippen molar-refractivity contribution in [2.75, 3.05) is 30.3 Å². The number of hydrogen-bond acceptors (Lipinski definition) is 5. The predicted octanol–water partition coefficient (Wildman–Crippen LogP) is 2.50. The number of nitrogens with zero attached hydrogens (tertiary/aromatic N) is 2. The average molecular weight is 304 g/mol. The molecule has 3 N–H and O–H groups in total. The summed E-state index contributed by atoms with van der Waals surface area (Å²) in [6, 6.07) is 2.16. The number of nitrogens with one attached hydrogen (secondary N) is 1. The average Bonchev–Trinajstić information content (AvgIpc) is 2.68. The van der Waals surface area contributed by atoms with Gasteiger partial charge >= 0.3 is 0 Å². The molecule has 1 aromatic heterocycles. The van der Waals surface area contributed by atoms with Crippen LogP contribution in [-0.4, -0.2) is 25.5 Å². The quantitative estimate of drug-likeness (QED) is 0.837. The molecule has 0 unspecified atom stereocenters. The molecule has 0 bridgehead atoms. The van der Waals surface area contributed by atoms with Crippen molar-refractivity contribution in [3.05, 3.63) is 23.1 Å². The minimum atomic E-state index is -0.241. The van der Waals surface area contributed by atoms with Crippen molar-refractivity contribution in [3.63, 3.8) is 0 Å². The van der Waals surface area contributed by atoms with Gasteiger partial charge in [-0.1, -0.05) is 18.9 Å². The Labute approximate surface area is 129 Å². The zero-order chi connectivity index (χ0) is 15.2. The zero-order valence-electron chi connectivity index (χ0n) is 12.0. The molecule has 0 aromatic carbocycles. The Bertz CT molecular complexity index is 565. The van der Waals surface area contributed by atoms with Crippen molar-refractivity contribution in [1.82, 2.24) is 5.32 Å². The van der Waals surface area contributed by atoms with Gasteiger partial charge in [0.25, 0.3) is 5.91 Å². The number of nitriles is 1. The highest BCUT2D eigenvalue weighted by Gasteiger charge is 2.24. The first-order valence-corrected chi connectivity index (χ1v) is 7.97. The first-order chi connectivity index (χ1) is 10.2. The summed E-state index contributed by atoms with van der Waals surface area (Å²) in [4.78, 5) is 14.7. The van der Waals surface area contributed by atoms with Crippen LogP contribution in [0.5, 0.6) is 0 Å². The van der Waals surface area contributed by atoms with Crippen LogP contribution >= 0.6 is 11.3 Å². The molecule has 1 aliphatic heterocycles. The van der Waals surface area contributed by atoms with E-state index < -0.39 is 0 Å². The summed E-state index contributed by atoms with van der Waals surface area (Å²) in [5.41, 5.74) is 6.74. The lowest BCUT2D eigenvalue weighted by Gasteiger charge is -2.20. The van der Waals surface area contributed by atoms with Crippen LogP contribution in [0, 0.1) is 11.3 Å². The van der Waals surface area contributed by atoms with E-state index in [2.05, 4.69) is 22.9 Å². The van der Waals surface area contributed by atoms with Crippen molar-refractivity contribution < 1.29 is 4.79 Å². The molecule has 0 saturated carbocycles. The lowest BCUT2D eigenvalue weighted by molar-refractivity contribution is 0.0963.